The lowest BCUT2D eigenvalue weighted by Gasteiger charge is -2.23. The molecular weight excluding hydrogens is 382 g/mol. The Hall–Kier alpha value is -2.55. The van der Waals surface area contributed by atoms with Gasteiger partial charge in [-0.25, -0.2) is 4.79 Å². The normalized spacial score (nSPS) is 11.7. The van der Waals surface area contributed by atoms with Gasteiger partial charge in [-0.15, -0.1) is 0 Å². The minimum atomic E-state index is -0.302. The number of hydrogen-bond donors (Lipinski definition) is 0. The zero-order chi connectivity index (χ0) is 23.2. The molecule has 1 aromatic carbocycles. The SMILES string of the molecule is COC(=O)c1cccc(N(C/C=C(\C)CCC=C(C)C)C/C=C(\C)CCC=C(C)C)c1. The maximum absolute atomic E-state index is 12.0. The molecule has 1 aromatic rings. The summed E-state index contributed by atoms with van der Waals surface area (Å²) in [7, 11) is 1.42. The first-order valence-electron chi connectivity index (χ1n) is 11.2. The first-order chi connectivity index (χ1) is 14.7. The van der Waals surface area contributed by atoms with Gasteiger partial charge in [0.2, 0.25) is 0 Å². The molecule has 0 aliphatic carbocycles. The number of esters is 1. The Morgan fingerprint density at radius 1 is 0.839 bits per heavy atom. The molecule has 0 amide bonds. The fourth-order valence-electron chi connectivity index (χ4n) is 3.15. The van der Waals surface area contributed by atoms with Crippen LogP contribution in [-0.2, 0) is 4.74 Å². The standard InChI is InChI=1S/C28H41NO2/c1-22(2)11-8-13-24(5)17-19-29(20-18-25(6)14-9-12-23(3)4)27-16-10-15-26(21-27)28(30)31-7/h10-12,15-18,21H,8-9,13-14,19-20H2,1-7H3/b24-17+,25-18+. The summed E-state index contributed by atoms with van der Waals surface area (Å²) in [5, 5.41) is 0. The third kappa shape index (κ3) is 11.4. The molecule has 0 atom stereocenters. The van der Waals surface area contributed by atoms with Gasteiger partial charge in [0, 0.05) is 18.8 Å². The Kier molecular flexibility index (Phi) is 12.3. The van der Waals surface area contributed by atoms with E-state index < -0.39 is 0 Å². The van der Waals surface area contributed by atoms with Crippen molar-refractivity contribution < 1.29 is 9.53 Å². The Morgan fingerprint density at radius 3 is 1.81 bits per heavy atom. The molecule has 3 nitrogen and oxygen atoms in total. The number of anilines is 1. The molecule has 0 aliphatic heterocycles. The summed E-state index contributed by atoms with van der Waals surface area (Å²) in [5.41, 5.74) is 7.11. The summed E-state index contributed by atoms with van der Waals surface area (Å²) in [6, 6.07) is 7.70. The van der Waals surface area contributed by atoms with Crippen molar-refractivity contribution in [3.05, 3.63) is 76.4 Å². The van der Waals surface area contributed by atoms with Gasteiger partial charge in [0.1, 0.15) is 0 Å². The van der Waals surface area contributed by atoms with Crippen molar-refractivity contribution in [1.29, 1.82) is 0 Å². The highest BCUT2D eigenvalue weighted by atomic mass is 16.5. The Bertz CT molecular complexity index is 779. The molecule has 0 spiro atoms. The van der Waals surface area contributed by atoms with Gasteiger partial charge in [-0.05, 0) is 85.4 Å². The van der Waals surface area contributed by atoms with Crippen LogP contribution in [0.25, 0.3) is 0 Å². The zero-order valence-corrected chi connectivity index (χ0v) is 20.6. The van der Waals surface area contributed by atoms with E-state index in [-0.39, 0.29) is 5.97 Å². The number of nitrogens with zero attached hydrogens (tertiary/aromatic N) is 1. The minimum absolute atomic E-state index is 0.302. The number of benzene rings is 1. The van der Waals surface area contributed by atoms with Crippen LogP contribution >= 0.6 is 0 Å². The minimum Gasteiger partial charge on any atom is -0.465 e. The average molecular weight is 424 g/mol. The Balaban J connectivity index is 2.98. The number of methoxy groups -OCH3 is 1. The van der Waals surface area contributed by atoms with E-state index in [0.717, 1.165) is 44.5 Å². The van der Waals surface area contributed by atoms with Crippen molar-refractivity contribution in [2.24, 2.45) is 0 Å². The molecule has 0 fully saturated rings. The molecule has 0 heterocycles. The number of rotatable bonds is 12. The fourth-order valence-corrected chi connectivity index (χ4v) is 3.15. The van der Waals surface area contributed by atoms with Gasteiger partial charge in [-0.2, -0.15) is 0 Å². The van der Waals surface area contributed by atoms with Crippen LogP contribution in [0.4, 0.5) is 5.69 Å². The highest BCUT2D eigenvalue weighted by Crippen LogP contribution is 2.19. The molecule has 0 bridgehead atoms. The summed E-state index contributed by atoms with van der Waals surface area (Å²) in [6.45, 7) is 14.6. The van der Waals surface area contributed by atoms with Gasteiger partial charge in [0.05, 0.1) is 12.7 Å². The maximum Gasteiger partial charge on any atom is 0.337 e. The lowest BCUT2D eigenvalue weighted by atomic mass is 10.1. The van der Waals surface area contributed by atoms with Gasteiger partial charge in [0.25, 0.3) is 0 Å². The Morgan fingerprint density at radius 2 is 1.35 bits per heavy atom. The molecule has 0 radical (unpaired) electrons. The van der Waals surface area contributed by atoms with E-state index in [1.54, 1.807) is 6.07 Å². The highest BCUT2D eigenvalue weighted by Gasteiger charge is 2.10. The second-order valence-corrected chi connectivity index (χ2v) is 8.69. The molecule has 0 saturated carbocycles. The van der Waals surface area contributed by atoms with Crippen LogP contribution in [0, 0.1) is 0 Å². The first-order valence-corrected chi connectivity index (χ1v) is 11.2. The third-order valence-corrected chi connectivity index (χ3v) is 5.14. The summed E-state index contributed by atoms with van der Waals surface area (Å²) < 4.78 is 4.90. The molecule has 0 N–H and O–H groups in total. The van der Waals surface area contributed by atoms with E-state index in [1.165, 1.54) is 29.4 Å². The Labute approximate surface area is 190 Å². The summed E-state index contributed by atoms with van der Waals surface area (Å²) in [5.74, 6) is -0.302. The molecule has 0 aromatic heterocycles. The number of carbonyl (C=O) groups excluding carboxylic acids is 1. The van der Waals surface area contributed by atoms with Crippen LogP contribution in [0.3, 0.4) is 0 Å². The molecule has 170 valence electrons. The molecular formula is C28H41NO2. The maximum atomic E-state index is 12.0. The monoisotopic (exact) mass is 423 g/mol. The quantitative estimate of drug-likeness (QED) is 0.255. The molecule has 0 saturated heterocycles. The third-order valence-electron chi connectivity index (χ3n) is 5.14. The predicted molar refractivity (Wildman–Crippen MR) is 135 cm³/mol. The topological polar surface area (TPSA) is 29.5 Å². The van der Waals surface area contributed by atoms with Crippen molar-refractivity contribution in [2.45, 2.75) is 67.2 Å². The van der Waals surface area contributed by atoms with Crippen LogP contribution in [-0.4, -0.2) is 26.2 Å². The van der Waals surface area contributed by atoms with Gasteiger partial charge in [-0.1, -0.05) is 52.7 Å². The van der Waals surface area contributed by atoms with E-state index >= 15 is 0 Å². The summed E-state index contributed by atoms with van der Waals surface area (Å²) >= 11 is 0. The lowest BCUT2D eigenvalue weighted by Crippen LogP contribution is -2.24. The molecule has 3 heteroatoms. The van der Waals surface area contributed by atoms with Crippen LogP contribution in [0.1, 0.15) is 77.6 Å². The van der Waals surface area contributed by atoms with Crippen molar-refractivity contribution in [3.8, 4) is 0 Å². The van der Waals surface area contributed by atoms with E-state index in [9.17, 15) is 4.79 Å². The van der Waals surface area contributed by atoms with Crippen molar-refractivity contribution in [3.63, 3.8) is 0 Å². The van der Waals surface area contributed by atoms with Crippen molar-refractivity contribution in [1.82, 2.24) is 0 Å². The number of carbonyl (C=O) groups is 1. The summed E-state index contributed by atoms with van der Waals surface area (Å²) in [6.07, 6.45) is 13.5. The molecule has 0 aliphatic rings. The van der Waals surface area contributed by atoms with Gasteiger partial charge in [0.15, 0.2) is 0 Å². The van der Waals surface area contributed by atoms with Crippen LogP contribution in [0.2, 0.25) is 0 Å². The predicted octanol–water partition coefficient (Wildman–Crippen LogP) is 7.67. The van der Waals surface area contributed by atoms with Crippen LogP contribution < -0.4 is 4.90 Å². The largest absolute Gasteiger partial charge is 0.465 e. The molecule has 0 unspecified atom stereocenters. The van der Waals surface area contributed by atoms with Gasteiger partial charge < -0.3 is 9.64 Å². The second kappa shape index (κ2) is 14.5. The van der Waals surface area contributed by atoms with E-state index in [1.807, 2.05) is 12.1 Å². The van der Waals surface area contributed by atoms with E-state index in [2.05, 4.69) is 76.8 Å². The smallest absolute Gasteiger partial charge is 0.337 e. The van der Waals surface area contributed by atoms with Crippen molar-refractivity contribution >= 4 is 11.7 Å². The average Bonchev–Trinajstić information content (AvgIpc) is 2.72. The lowest BCUT2D eigenvalue weighted by molar-refractivity contribution is 0.0601. The summed E-state index contributed by atoms with van der Waals surface area (Å²) in [4.78, 5) is 14.3. The van der Waals surface area contributed by atoms with Crippen LogP contribution in [0.15, 0.2) is 70.9 Å². The number of hydrogen-bond acceptors (Lipinski definition) is 3. The fraction of sp³-hybridized carbons (Fsp3) is 0.464. The van der Waals surface area contributed by atoms with Crippen LogP contribution in [0.5, 0.6) is 0 Å². The second-order valence-electron chi connectivity index (χ2n) is 8.69. The zero-order valence-electron chi connectivity index (χ0n) is 20.6. The number of allylic oxidation sites excluding steroid dienone is 6. The van der Waals surface area contributed by atoms with Crippen molar-refractivity contribution in [2.75, 3.05) is 25.1 Å². The van der Waals surface area contributed by atoms with E-state index in [4.69, 9.17) is 4.74 Å². The molecule has 31 heavy (non-hydrogen) atoms. The van der Waals surface area contributed by atoms with E-state index in [0.29, 0.717) is 5.56 Å². The van der Waals surface area contributed by atoms with Gasteiger partial charge in [-0.3, -0.25) is 0 Å². The first kappa shape index (κ1) is 26.5. The molecule has 1 rings (SSSR count). The number of ether oxygens (including phenoxy) is 1. The van der Waals surface area contributed by atoms with Gasteiger partial charge >= 0.3 is 5.97 Å². The highest BCUT2D eigenvalue weighted by molar-refractivity contribution is 5.90.